The lowest BCUT2D eigenvalue weighted by Crippen LogP contribution is -2.47. The summed E-state index contributed by atoms with van der Waals surface area (Å²) >= 11 is 0. The van der Waals surface area contributed by atoms with Crippen molar-refractivity contribution in [3.05, 3.63) is 30.9 Å². The number of hydrogen-bond acceptors (Lipinski definition) is 5. The highest BCUT2D eigenvalue weighted by Gasteiger charge is 2.51. The van der Waals surface area contributed by atoms with Crippen LogP contribution in [0.15, 0.2) is 30.9 Å². The first-order valence-corrected chi connectivity index (χ1v) is 8.40. The van der Waals surface area contributed by atoms with Crippen molar-refractivity contribution in [2.45, 2.75) is 45.9 Å². The van der Waals surface area contributed by atoms with Gasteiger partial charge in [-0.05, 0) is 13.3 Å². The van der Waals surface area contributed by atoms with Crippen molar-refractivity contribution in [2.24, 2.45) is 0 Å². The number of imidazole rings is 1. The van der Waals surface area contributed by atoms with E-state index in [2.05, 4.69) is 18.1 Å². The van der Waals surface area contributed by atoms with E-state index in [9.17, 15) is 18.0 Å². The minimum atomic E-state index is -5.06. The molecule has 11 heteroatoms. The monoisotopic (exact) mass is 395 g/mol. The number of rotatable bonds is 7. The molecule has 0 saturated carbocycles. The van der Waals surface area contributed by atoms with E-state index in [1.165, 1.54) is 12.8 Å². The van der Waals surface area contributed by atoms with Gasteiger partial charge >= 0.3 is 12.1 Å². The van der Waals surface area contributed by atoms with Crippen LogP contribution in [0.2, 0.25) is 0 Å². The Hall–Kier alpha value is -3.26. The summed E-state index contributed by atoms with van der Waals surface area (Å²) in [5.41, 5.74) is 0.440. The minimum Gasteiger partial charge on any atom is -0.458 e. The third-order valence-electron chi connectivity index (χ3n) is 3.52. The summed E-state index contributed by atoms with van der Waals surface area (Å²) in [6, 6.07) is 0. The Labute approximate surface area is 161 Å². The van der Waals surface area contributed by atoms with Gasteiger partial charge < -0.3 is 4.74 Å². The van der Waals surface area contributed by atoms with E-state index < -0.39 is 12.2 Å². The van der Waals surface area contributed by atoms with Crippen molar-refractivity contribution in [3.63, 3.8) is 0 Å². The SMILES string of the molecule is C=C(C)C(=O)OCCn1cc[n+](CCCC)c1.N#C[B-](C#N)(C#N)C(F)(F)F. The van der Waals surface area contributed by atoms with Crippen molar-refractivity contribution < 1.29 is 27.3 Å². The molecule has 0 atom stereocenters. The quantitative estimate of drug-likeness (QED) is 0.305. The molecule has 0 aromatic carbocycles. The third-order valence-corrected chi connectivity index (χ3v) is 3.52. The van der Waals surface area contributed by atoms with E-state index in [0.29, 0.717) is 36.6 Å². The number of nitrogens with zero attached hydrogens (tertiary/aromatic N) is 5. The zero-order chi connectivity index (χ0) is 21.8. The van der Waals surface area contributed by atoms with Crippen molar-refractivity contribution in [2.75, 3.05) is 6.61 Å². The molecular formula is C17H21BF3N5O2. The van der Waals surface area contributed by atoms with Gasteiger partial charge in [-0.3, -0.25) is 0 Å². The van der Waals surface area contributed by atoms with E-state index in [0.717, 1.165) is 6.54 Å². The van der Waals surface area contributed by atoms with Crippen molar-refractivity contribution in [1.82, 2.24) is 4.57 Å². The highest BCUT2D eigenvalue weighted by atomic mass is 19.4. The van der Waals surface area contributed by atoms with E-state index in [4.69, 9.17) is 20.5 Å². The zero-order valence-electron chi connectivity index (χ0n) is 15.7. The summed E-state index contributed by atoms with van der Waals surface area (Å²) < 4.78 is 44.4. The summed E-state index contributed by atoms with van der Waals surface area (Å²) in [4.78, 5) is 11.1. The number of carbonyl (C=O) groups excluding carboxylic acids is 1. The summed E-state index contributed by atoms with van der Waals surface area (Å²) in [5.74, 6) is 1.69. The number of unbranched alkanes of at least 4 members (excludes halogenated alkanes) is 1. The molecule has 0 N–H and O–H groups in total. The lowest BCUT2D eigenvalue weighted by Gasteiger charge is -2.19. The number of aryl methyl sites for hydroxylation is 1. The molecule has 0 aliphatic heterocycles. The molecule has 0 radical (unpaired) electrons. The number of hydrogen-bond donors (Lipinski definition) is 0. The number of alkyl halides is 3. The van der Waals surface area contributed by atoms with Gasteiger partial charge in [0.05, 0.1) is 6.54 Å². The van der Waals surface area contributed by atoms with Crippen LogP contribution in [-0.4, -0.2) is 29.4 Å². The van der Waals surface area contributed by atoms with Gasteiger partial charge in [0.1, 0.15) is 25.5 Å². The van der Waals surface area contributed by atoms with Gasteiger partial charge in [-0.25, -0.2) is 42.9 Å². The highest BCUT2D eigenvalue weighted by Crippen LogP contribution is 2.26. The van der Waals surface area contributed by atoms with Crippen LogP contribution in [0.25, 0.3) is 0 Å². The molecule has 1 heterocycles. The molecule has 1 aromatic heterocycles. The molecule has 0 bridgehead atoms. The average molecular weight is 395 g/mol. The van der Waals surface area contributed by atoms with Gasteiger partial charge in [-0.15, -0.1) is 17.9 Å². The molecular weight excluding hydrogens is 374 g/mol. The first kappa shape index (κ1) is 24.7. The Kier molecular flexibility index (Phi) is 10.1. The van der Waals surface area contributed by atoms with Gasteiger partial charge in [-0.1, -0.05) is 19.9 Å². The molecule has 0 spiro atoms. The second-order valence-corrected chi connectivity index (χ2v) is 5.95. The number of ether oxygens (including phenoxy) is 1. The Morgan fingerprint density at radius 1 is 1.29 bits per heavy atom. The number of esters is 1. The summed E-state index contributed by atoms with van der Waals surface area (Å²) in [7, 11) is 0. The summed E-state index contributed by atoms with van der Waals surface area (Å²) in [6.07, 6.45) is -0.816. The summed E-state index contributed by atoms with van der Waals surface area (Å²) in [5, 5.41) is 23.8. The second kappa shape index (κ2) is 11.5. The number of aromatic nitrogens is 2. The minimum absolute atomic E-state index is 0.323. The van der Waals surface area contributed by atoms with Crippen LogP contribution >= 0.6 is 0 Å². The smallest absolute Gasteiger partial charge is 0.401 e. The van der Waals surface area contributed by atoms with Gasteiger partial charge in [0.2, 0.25) is 6.33 Å². The second-order valence-electron chi connectivity index (χ2n) is 5.95. The normalized spacial score (nSPS) is 10.5. The van der Waals surface area contributed by atoms with Crippen LogP contribution in [-0.2, 0) is 22.6 Å². The molecule has 0 aliphatic carbocycles. The van der Waals surface area contributed by atoms with E-state index in [1.807, 2.05) is 23.3 Å². The van der Waals surface area contributed by atoms with Gasteiger partial charge in [0.15, 0.2) is 0 Å². The molecule has 1 rings (SSSR count). The number of carbonyl (C=O) groups is 1. The number of halogens is 3. The maximum absolute atomic E-state index is 11.7. The molecule has 0 aliphatic rings. The maximum atomic E-state index is 11.7. The maximum Gasteiger partial charge on any atom is 0.401 e. The fourth-order valence-corrected chi connectivity index (χ4v) is 1.72. The fraction of sp³-hybridized carbons (Fsp3) is 0.471. The molecule has 0 amide bonds. The van der Waals surface area contributed by atoms with Crippen LogP contribution in [0.5, 0.6) is 0 Å². The zero-order valence-corrected chi connectivity index (χ0v) is 15.7. The largest absolute Gasteiger partial charge is 0.458 e. The lowest BCUT2D eigenvalue weighted by molar-refractivity contribution is -0.696. The standard InChI is InChI=1S/C13H21N2O2.C4BF3N3/c1-4-5-6-14-7-8-15(11-14)9-10-17-13(16)12(2)3;6-4(7,8)5(1-9,2-10)3-11/h7-8,11H,2,4-6,9-10H2,1,3H3;/q+1;-1. The highest BCUT2D eigenvalue weighted by molar-refractivity contribution is 7.00. The predicted molar refractivity (Wildman–Crippen MR) is 94.0 cm³/mol. The van der Waals surface area contributed by atoms with Gasteiger partial charge in [0, 0.05) is 5.57 Å². The van der Waals surface area contributed by atoms with E-state index in [1.54, 1.807) is 6.92 Å². The van der Waals surface area contributed by atoms with Crippen molar-refractivity contribution in [1.29, 1.82) is 15.8 Å². The Balaban J connectivity index is 0.000000576. The van der Waals surface area contributed by atoms with Gasteiger partial charge in [0.25, 0.3) is 6.08 Å². The van der Waals surface area contributed by atoms with Crippen LogP contribution in [0, 0.1) is 33.7 Å². The van der Waals surface area contributed by atoms with Gasteiger partial charge in [-0.2, -0.15) is 0 Å². The Morgan fingerprint density at radius 2 is 1.86 bits per heavy atom. The van der Waals surface area contributed by atoms with Crippen molar-refractivity contribution in [3.8, 4) is 17.9 Å². The van der Waals surface area contributed by atoms with Crippen molar-refractivity contribution >= 4 is 12.1 Å². The van der Waals surface area contributed by atoms with Crippen LogP contribution in [0.3, 0.4) is 0 Å². The molecule has 150 valence electrons. The van der Waals surface area contributed by atoms with Crippen LogP contribution < -0.4 is 4.57 Å². The molecule has 0 saturated heterocycles. The number of nitriles is 3. The van der Waals surface area contributed by atoms with E-state index >= 15 is 0 Å². The first-order chi connectivity index (χ1) is 13.1. The summed E-state index contributed by atoms with van der Waals surface area (Å²) in [6.45, 7) is 9.46. The molecule has 1 aromatic rings. The predicted octanol–water partition coefficient (Wildman–Crippen LogP) is 2.42. The Bertz CT molecular complexity index is 763. The van der Waals surface area contributed by atoms with E-state index in [-0.39, 0.29) is 5.97 Å². The molecule has 0 fully saturated rings. The fourth-order valence-electron chi connectivity index (χ4n) is 1.72. The molecule has 7 nitrogen and oxygen atoms in total. The molecule has 0 unspecified atom stereocenters. The van der Waals surface area contributed by atoms with Crippen LogP contribution in [0.4, 0.5) is 13.2 Å². The average Bonchev–Trinajstić information content (AvgIpc) is 3.09. The first-order valence-electron chi connectivity index (χ1n) is 8.40. The Morgan fingerprint density at radius 3 is 2.25 bits per heavy atom. The third kappa shape index (κ3) is 7.55. The van der Waals surface area contributed by atoms with Crippen LogP contribution in [0.1, 0.15) is 26.7 Å². The molecule has 28 heavy (non-hydrogen) atoms. The topological polar surface area (TPSA) is 106 Å². The lowest BCUT2D eigenvalue weighted by atomic mass is 9.28.